The molecule has 2 rings (SSSR count). The van der Waals surface area contributed by atoms with Crippen molar-refractivity contribution in [2.45, 2.75) is 30.0 Å². The molecule has 1 aromatic carbocycles. The molecule has 5 nitrogen and oxygen atoms in total. The van der Waals surface area contributed by atoms with E-state index >= 15 is 0 Å². The fourth-order valence-electron chi connectivity index (χ4n) is 2.10. The highest BCUT2D eigenvalue weighted by atomic mass is 32.2. The molecule has 0 saturated heterocycles. The molecular formula is C15H20N2O3S. The maximum Gasteiger partial charge on any atom is 0.253 e. The highest BCUT2D eigenvalue weighted by Crippen LogP contribution is 2.36. The molecule has 1 heterocycles. The number of nitrogens with zero attached hydrogens (tertiary/aromatic N) is 1. The fourth-order valence-corrected chi connectivity index (χ4v) is 3.03. The van der Waals surface area contributed by atoms with Crippen LogP contribution in [0.25, 0.3) is 0 Å². The van der Waals surface area contributed by atoms with Gasteiger partial charge in [-0.25, -0.2) is 0 Å². The van der Waals surface area contributed by atoms with Crippen LogP contribution in [0.5, 0.6) is 0 Å². The Balaban J connectivity index is 2.20. The summed E-state index contributed by atoms with van der Waals surface area (Å²) in [7, 11) is 3.36. The first-order valence-corrected chi connectivity index (χ1v) is 7.69. The van der Waals surface area contributed by atoms with Gasteiger partial charge in [-0.15, -0.1) is 11.8 Å². The van der Waals surface area contributed by atoms with Gasteiger partial charge in [-0.2, -0.15) is 0 Å². The lowest BCUT2D eigenvalue weighted by atomic mass is 10.1. The van der Waals surface area contributed by atoms with Crippen LogP contribution >= 0.6 is 11.8 Å². The molecule has 0 unspecified atom stereocenters. The molecule has 0 fully saturated rings. The van der Waals surface area contributed by atoms with E-state index in [1.165, 1.54) is 11.8 Å². The topological polar surface area (TPSA) is 58.6 Å². The van der Waals surface area contributed by atoms with E-state index in [0.29, 0.717) is 17.9 Å². The number of anilines is 1. The van der Waals surface area contributed by atoms with Gasteiger partial charge >= 0.3 is 0 Å². The molecule has 0 saturated carbocycles. The highest BCUT2D eigenvalue weighted by molar-refractivity contribution is 8.00. The predicted octanol–water partition coefficient (Wildman–Crippen LogP) is 2.23. The largest absolute Gasteiger partial charge is 0.383 e. The van der Waals surface area contributed by atoms with Crippen molar-refractivity contribution >= 4 is 29.3 Å². The monoisotopic (exact) mass is 308 g/mol. The summed E-state index contributed by atoms with van der Waals surface area (Å²) >= 11 is 1.51. The molecule has 0 spiro atoms. The maximum atomic E-state index is 12.4. The van der Waals surface area contributed by atoms with E-state index in [-0.39, 0.29) is 23.1 Å². The molecule has 1 aliphatic heterocycles. The van der Waals surface area contributed by atoms with E-state index in [4.69, 9.17) is 4.74 Å². The van der Waals surface area contributed by atoms with E-state index in [2.05, 4.69) is 5.32 Å². The number of thioether (sulfide) groups is 1. The van der Waals surface area contributed by atoms with Crippen molar-refractivity contribution in [3.05, 3.63) is 23.8 Å². The quantitative estimate of drug-likeness (QED) is 0.926. The number of methoxy groups -OCH3 is 1. The SMILES string of the molecule is COC[C@H](C)N(C)C(=O)c1ccc2c(c1)NC(=O)[C@@H](C)S2. The fraction of sp³-hybridized carbons (Fsp3) is 0.467. The van der Waals surface area contributed by atoms with Gasteiger partial charge < -0.3 is 15.0 Å². The average Bonchev–Trinajstić information content (AvgIpc) is 2.46. The zero-order valence-corrected chi connectivity index (χ0v) is 13.5. The minimum atomic E-state index is -0.108. The first-order valence-electron chi connectivity index (χ1n) is 6.81. The summed E-state index contributed by atoms with van der Waals surface area (Å²) in [6.45, 7) is 4.28. The van der Waals surface area contributed by atoms with Crippen LogP contribution in [0.4, 0.5) is 5.69 Å². The molecule has 2 amide bonds. The van der Waals surface area contributed by atoms with E-state index in [1.54, 1.807) is 31.2 Å². The van der Waals surface area contributed by atoms with Gasteiger partial charge in [0.15, 0.2) is 0 Å². The average molecular weight is 308 g/mol. The molecule has 2 atom stereocenters. The van der Waals surface area contributed by atoms with Gasteiger partial charge in [0.05, 0.1) is 23.6 Å². The van der Waals surface area contributed by atoms with Crippen LogP contribution in [-0.4, -0.2) is 48.8 Å². The summed E-state index contributed by atoms with van der Waals surface area (Å²) in [4.78, 5) is 26.8. The lowest BCUT2D eigenvalue weighted by Crippen LogP contribution is -2.38. The third-order valence-corrected chi connectivity index (χ3v) is 4.72. The number of amides is 2. The summed E-state index contributed by atoms with van der Waals surface area (Å²) in [5, 5.41) is 2.74. The van der Waals surface area contributed by atoms with Crippen molar-refractivity contribution in [2.75, 3.05) is 26.1 Å². The summed E-state index contributed by atoms with van der Waals surface area (Å²) < 4.78 is 5.07. The Hall–Kier alpha value is -1.53. The third-order valence-electron chi connectivity index (χ3n) is 3.55. The van der Waals surface area contributed by atoms with Crippen LogP contribution in [0, 0.1) is 0 Å². The Bertz CT molecular complexity index is 562. The summed E-state index contributed by atoms with van der Waals surface area (Å²) in [5.74, 6) is -0.113. The number of fused-ring (bicyclic) bond motifs is 1. The molecule has 0 aliphatic carbocycles. The summed E-state index contributed by atoms with van der Waals surface area (Å²) in [5.41, 5.74) is 1.27. The number of hydrogen-bond donors (Lipinski definition) is 1. The number of carbonyl (C=O) groups excluding carboxylic acids is 2. The minimum absolute atomic E-state index is 0.0116. The Morgan fingerprint density at radius 1 is 1.52 bits per heavy atom. The minimum Gasteiger partial charge on any atom is -0.383 e. The third kappa shape index (κ3) is 3.39. The summed E-state index contributed by atoms with van der Waals surface area (Å²) in [6, 6.07) is 5.42. The van der Waals surface area contributed by atoms with E-state index in [1.807, 2.05) is 19.9 Å². The van der Waals surface area contributed by atoms with E-state index in [0.717, 1.165) is 4.90 Å². The van der Waals surface area contributed by atoms with Crippen molar-refractivity contribution in [1.29, 1.82) is 0 Å². The Morgan fingerprint density at radius 3 is 2.90 bits per heavy atom. The number of rotatable bonds is 4. The first-order chi connectivity index (χ1) is 9.93. The number of ether oxygens (including phenoxy) is 1. The van der Waals surface area contributed by atoms with Crippen LogP contribution in [0.2, 0.25) is 0 Å². The smallest absolute Gasteiger partial charge is 0.253 e. The molecule has 0 radical (unpaired) electrons. The molecule has 114 valence electrons. The molecule has 0 bridgehead atoms. The van der Waals surface area contributed by atoms with Crippen LogP contribution in [-0.2, 0) is 9.53 Å². The molecule has 1 N–H and O–H groups in total. The number of likely N-dealkylation sites (N-methyl/N-ethyl adjacent to an activating group) is 1. The van der Waals surface area contributed by atoms with Gasteiger partial charge in [-0.05, 0) is 32.0 Å². The van der Waals surface area contributed by atoms with Crippen LogP contribution in [0.15, 0.2) is 23.1 Å². The number of hydrogen-bond acceptors (Lipinski definition) is 4. The zero-order chi connectivity index (χ0) is 15.6. The van der Waals surface area contributed by atoms with Crippen LogP contribution < -0.4 is 5.32 Å². The number of carbonyl (C=O) groups is 2. The number of nitrogens with one attached hydrogen (secondary N) is 1. The van der Waals surface area contributed by atoms with Gasteiger partial charge in [0.1, 0.15) is 0 Å². The molecule has 21 heavy (non-hydrogen) atoms. The zero-order valence-electron chi connectivity index (χ0n) is 12.7. The second-order valence-electron chi connectivity index (χ2n) is 5.18. The normalized spacial score (nSPS) is 18.7. The summed E-state index contributed by atoms with van der Waals surface area (Å²) in [6.07, 6.45) is 0. The van der Waals surface area contributed by atoms with Gasteiger partial charge in [-0.3, -0.25) is 9.59 Å². The van der Waals surface area contributed by atoms with Gasteiger partial charge in [-0.1, -0.05) is 0 Å². The highest BCUT2D eigenvalue weighted by Gasteiger charge is 2.25. The van der Waals surface area contributed by atoms with Gasteiger partial charge in [0.2, 0.25) is 5.91 Å². The van der Waals surface area contributed by atoms with Crippen molar-refractivity contribution in [3.8, 4) is 0 Å². The number of benzene rings is 1. The Labute approximate surface area is 129 Å². The molecule has 0 aromatic heterocycles. The predicted molar refractivity (Wildman–Crippen MR) is 83.8 cm³/mol. The Kier molecular flexibility index (Phi) is 4.90. The van der Waals surface area contributed by atoms with Crippen molar-refractivity contribution < 1.29 is 14.3 Å². The van der Waals surface area contributed by atoms with Gasteiger partial charge in [0, 0.05) is 24.6 Å². The molecule has 6 heteroatoms. The molecule has 1 aromatic rings. The maximum absolute atomic E-state index is 12.4. The van der Waals surface area contributed by atoms with Crippen molar-refractivity contribution in [3.63, 3.8) is 0 Å². The van der Waals surface area contributed by atoms with E-state index < -0.39 is 0 Å². The molecular weight excluding hydrogens is 288 g/mol. The van der Waals surface area contributed by atoms with Crippen LogP contribution in [0.3, 0.4) is 0 Å². The second-order valence-corrected chi connectivity index (χ2v) is 6.56. The van der Waals surface area contributed by atoms with Crippen LogP contribution in [0.1, 0.15) is 24.2 Å². The lowest BCUT2D eigenvalue weighted by Gasteiger charge is -2.26. The van der Waals surface area contributed by atoms with E-state index in [9.17, 15) is 9.59 Å². The van der Waals surface area contributed by atoms with Gasteiger partial charge in [0.25, 0.3) is 5.91 Å². The Morgan fingerprint density at radius 2 is 2.24 bits per heavy atom. The molecule has 1 aliphatic rings. The standard InChI is InChI=1S/C15H20N2O3S/c1-9(8-20-4)17(3)15(19)11-5-6-13-12(7-11)16-14(18)10(2)21-13/h5-7,9-10H,8H2,1-4H3,(H,16,18)/t9-,10+/m0/s1. The van der Waals surface area contributed by atoms with Crippen molar-refractivity contribution in [1.82, 2.24) is 4.90 Å². The second kappa shape index (κ2) is 6.49. The lowest BCUT2D eigenvalue weighted by molar-refractivity contribution is -0.115. The first kappa shape index (κ1) is 15.9. The van der Waals surface area contributed by atoms with Crippen molar-refractivity contribution in [2.24, 2.45) is 0 Å².